The standard InChI is InChI=1S/C10H12N4O2/c1-3-16-10-13-8(7-4-5-15-6-7)12-9(11-2)14-10/h4-6H,3H2,1-2H3,(H,11,12,13,14). The molecule has 84 valence electrons. The molecule has 0 saturated heterocycles. The molecule has 6 nitrogen and oxygen atoms in total. The Bertz CT molecular complexity index is 456. The topological polar surface area (TPSA) is 73.1 Å². The third-order valence-electron chi connectivity index (χ3n) is 1.89. The molecule has 0 aromatic carbocycles. The molecule has 0 atom stereocenters. The summed E-state index contributed by atoms with van der Waals surface area (Å²) in [5.41, 5.74) is 0.792. The van der Waals surface area contributed by atoms with Gasteiger partial charge in [0.1, 0.15) is 6.26 Å². The van der Waals surface area contributed by atoms with Crippen LogP contribution in [0.1, 0.15) is 6.92 Å². The van der Waals surface area contributed by atoms with Crippen molar-refractivity contribution in [2.24, 2.45) is 0 Å². The molecule has 0 unspecified atom stereocenters. The second-order valence-corrected chi connectivity index (χ2v) is 2.96. The first-order valence-corrected chi connectivity index (χ1v) is 4.92. The molecule has 16 heavy (non-hydrogen) atoms. The van der Waals surface area contributed by atoms with Gasteiger partial charge in [-0.05, 0) is 13.0 Å². The first-order valence-electron chi connectivity index (χ1n) is 4.92. The van der Waals surface area contributed by atoms with Gasteiger partial charge in [0.25, 0.3) is 0 Å². The van der Waals surface area contributed by atoms with E-state index >= 15 is 0 Å². The number of ether oxygens (including phenoxy) is 1. The normalized spacial score (nSPS) is 10.1. The Kier molecular flexibility index (Phi) is 3.00. The lowest BCUT2D eigenvalue weighted by Gasteiger charge is -2.05. The maximum absolute atomic E-state index is 5.25. The fourth-order valence-electron chi connectivity index (χ4n) is 1.18. The van der Waals surface area contributed by atoms with Gasteiger partial charge in [0, 0.05) is 7.05 Å². The summed E-state index contributed by atoms with van der Waals surface area (Å²) in [6, 6.07) is 2.09. The van der Waals surface area contributed by atoms with Crippen molar-refractivity contribution in [3.05, 3.63) is 18.6 Å². The largest absolute Gasteiger partial charge is 0.472 e. The molecule has 2 heterocycles. The van der Waals surface area contributed by atoms with E-state index in [4.69, 9.17) is 9.15 Å². The van der Waals surface area contributed by atoms with Crippen LogP contribution in [0.4, 0.5) is 5.95 Å². The van der Waals surface area contributed by atoms with Crippen molar-refractivity contribution >= 4 is 5.95 Å². The highest BCUT2D eigenvalue weighted by atomic mass is 16.5. The van der Waals surface area contributed by atoms with Crippen LogP contribution in [0.25, 0.3) is 11.4 Å². The number of nitrogens with one attached hydrogen (secondary N) is 1. The molecule has 1 N–H and O–H groups in total. The molecule has 0 aliphatic rings. The van der Waals surface area contributed by atoms with E-state index in [0.29, 0.717) is 24.4 Å². The third kappa shape index (κ3) is 2.10. The van der Waals surface area contributed by atoms with Gasteiger partial charge in [-0.1, -0.05) is 0 Å². The molecule has 0 aliphatic carbocycles. The summed E-state index contributed by atoms with van der Waals surface area (Å²) < 4.78 is 10.2. The summed E-state index contributed by atoms with van der Waals surface area (Å²) in [5.74, 6) is 0.992. The average molecular weight is 220 g/mol. The van der Waals surface area contributed by atoms with Gasteiger partial charge in [0.2, 0.25) is 5.95 Å². The monoisotopic (exact) mass is 220 g/mol. The summed E-state index contributed by atoms with van der Waals surface area (Å²) in [7, 11) is 1.74. The zero-order valence-electron chi connectivity index (χ0n) is 9.10. The van der Waals surface area contributed by atoms with E-state index < -0.39 is 0 Å². The Morgan fingerprint density at radius 3 is 2.88 bits per heavy atom. The molecule has 6 heteroatoms. The number of nitrogens with zero attached hydrogens (tertiary/aromatic N) is 3. The van der Waals surface area contributed by atoms with Crippen molar-refractivity contribution in [2.75, 3.05) is 19.0 Å². The van der Waals surface area contributed by atoms with E-state index in [1.54, 1.807) is 25.6 Å². The highest BCUT2D eigenvalue weighted by Crippen LogP contribution is 2.18. The molecule has 0 fully saturated rings. The van der Waals surface area contributed by atoms with E-state index in [1.807, 2.05) is 6.92 Å². The predicted molar refractivity (Wildman–Crippen MR) is 58.2 cm³/mol. The first kappa shape index (κ1) is 10.4. The van der Waals surface area contributed by atoms with Crippen molar-refractivity contribution < 1.29 is 9.15 Å². The van der Waals surface area contributed by atoms with Crippen molar-refractivity contribution in [1.29, 1.82) is 0 Å². The van der Waals surface area contributed by atoms with Crippen LogP contribution in [-0.2, 0) is 0 Å². The maximum atomic E-state index is 5.25. The summed E-state index contributed by atoms with van der Waals surface area (Å²) in [5, 5.41) is 2.86. The highest BCUT2D eigenvalue weighted by Gasteiger charge is 2.09. The van der Waals surface area contributed by atoms with Gasteiger partial charge >= 0.3 is 6.01 Å². The fourth-order valence-corrected chi connectivity index (χ4v) is 1.18. The van der Waals surface area contributed by atoms with Gasteiger partial charge < -0.3 is 14.5 Å². The van der Waals surface area contributed by atoms with Crippen LogP contribution in [0.15, 0.2) is 23.0 Å². The quantitative estimate of drug-likeness (QED) is 0.843. The maximum Gasteiger partial charge on any atom is 0.321 e. The van der Waals surface area contributed by atoms with Crippen LogP contribution >= 0.6 is 0 Å². The Morgan fingerprint density at radius 2 is 2.25 bits per heavy atom. The van der Waals surface area contributed by atoms with E-state index in [1.165, 1.54) is 0 Å². The fraction of sp³-hybridized carbons (Fsp3) is 0.300. The summed E-state index contributed by atoms with van der Waals surface area (Å²) in [6.45, 7) is 2.39. The van der Waals surface area contributed by atoms with Gasteiger partial charge in [0.15, 0.2) is 5.82 Å². The lowest BCUT2D eigenvalue weighted by atomic mass is 10.3. The second kappa shape index (κ2) is 4.61. The van der Waals surface area contributed by atoms with Crippen LogP contribution in [-0.4, -0.2) is 28.6 Å². The Morgan fingerprint density at radius 1 is 1.38 bits per heavy atom. The Labute approximate surface area is 92.7 Å². The van der Waals surface area contributed by atoms with E-state index in [9.17, 15) is 0 Å². The molecular weight excluding hydrogens is 208 g/mol. The number of aromatic nitrogens is 3. The van der Waals surface area contributed by atoms with Crippen LogP contribution < -0.4 is 10.1 Å². The van der Waals surface area contributed by atoms with Crippen LogP contribution in [0, 0.1) is 0 Å². The number of rotatable bonds is 4. The molecule has 0 amide bonds. The number of hydrogen-bond donors (Lipinski definition) is 1. The van der Waals surface area contributed by atoms with Gasteiger partial charge in [0.05, 0.1) is 18.4 Å². The molecule has 0 spiro atoms. The third-order valence-corrected chi connectivity index (χ3v) is 1.89. The van der Waals surface area contributed by atoms with Crippen molar-refractivity contribution in [3.63, 3.8) is 0 Å². The number of anilines is 1. The summed E-state index contributed by atoms with van der Waals surface area (Å²) in [4.78, 5) is 12.4. The first-order chi connectivity index (χ1) is 7.83. The number of hydrogen-bond acceptors (Lipinski definition) is 6. The zero-order valence-corrected chi connectivity index (χ0v) is 9.10. The lowest BCUT2D eigenvalue weighted by Crippen LogP contribution is -2.04. The molecule has 0 saturated carbocycles. The van der Waals surface area contributed by atoms with E-state index in [0.717, 1.165) is 5.56 Å². The van der Waals surface area contributed by atoms with Crippen LogP contribution in [0.5, 0.6) is 6.01 Å². The Balaban J connectivity index is 2.41. The second-order valence-electron chi connectivity index (χ2n) is 2.96. The SMILES string of the molecule is CCOc1nc(NC)nc(-c2ccoc2)n1. The zero-order chi connectivity index (χ0) is 11.4. The van der Waals surface area contributed by atoms with Crippen LogP contribution in [0.2, 0.25) is 0 Å². The molecular formula is C10H12N4O2. The average Bonchev–Trinajstić information content (AvgIpc) is 2.82. The molecule has 0 radical (unpaired) electrons. The minimum atomic E-state index is 0.304. The number of furan rings is 1. The minimum Gasteiger partial charge on any atom is -0.472 e. The van der Waals surface area contributed by atoms with Gasteiger partial charge in [-0.3, -0.25) is 0 Å². The minimum absolute atomic E-state index is 0.304. The molecule has 2 aromatic heterocycles. The van der Waals surface area contributed by atoms with Gasteiger partial charge in [-0.25, -0.2) is 0 Å². The van der Waals surface area contributed by atoms with Crippen molar-refractivity contribution in [1.82, 2.24) is 15.0 Å². The summed E-state index contributed by atoms with van der Waals surface area (Å²) >= 11 is 0. The Hall–Kier alpha value is -2.11. The highest BCUT2D eigenvalue weighted by molar-refractivity contribution is 5.54. The molecule has 2 aromatic rings. The smallest absolute Gasteiger partial charge is 0.321 e. The molecule has 0 aliphatic heterocycles. The lowest BCUT2D eigenvalue weighted by molar-refractivity contribution is 0.312. The van der Waals surface area contributed by atoms with Gasteiger partial charge in [-0.2, -0.15) is 15.0 Å². The van der Waals surface area contributed by atoms with Crippen molar-refractivity contribution in [2.45, 2.75) is 6.92 Å². The van der Waals surface area contributed by atoms with E-state index in [-0.39, 0.29) is 0 Å². The van der Waals surface area contributed by atoms with Gasteiger partial charge in [-0.15, -0.1) is 0 Å². The van der Waals surface area contributed by atoms with E-state index in [2.05, 4.69) is 20.3 Å². The molecule has 0 bridgehead atoms. The van der Waals surface area contributed by atoms with Crippen molar-refractivity contribution in [3.8, 4) is 17.4 Å². The molecule has 2 rings (SSSR count). The summed E-state index contributed by atoms with van der Waals surface area (Å²) in [6.07, 6.45) is 3.14. The van der Waals surface area contributed by atoms with Crippen LogP contribution in [0.3, 0.4) is 0 Å². The predicted octanol–water partition coefficient (Wildman–Crippen LogP) is 1.57.